The maximum atomic E-state index is 11.9. The molecule has 2 aromatic carbocycles. The molecule has 2 rings (SSSR count). The fourth-order valence-corrected chi connectivity index (χ4v) is 3.54. The van der Waals surface area contributed by atoms with E-state index in [0.717, 1.165) is 31.0 Å². The Hall–Kier alpha value is -0.414. The number of ether oxygens (including phenoxy) is 1. The summed E-state index contributed by atoms with van der Waals surface area (Å²) in [5, 5.41) is 11.9. The van der Waals surface area contributed by atoms with Gasteiger partial charge in [0, 0.05) is 6.07 Å². The van der Waals surface area contributed by atoms with Gasteiger partial charge in [0.05, 0.1) is 4.90 Å². The zero-order valence-corrected chi connectivity index (χ0v) is 21.3. The van der Waals surface area contributed by atoms with Crippen LogP contribution in [0.15, 0.2) is 47.4 Å². The molecule has 5 nitrogen and oxygen atoms in total. The van der Waals surface area contributed by atoms with Crippen molar-refractivity contribution in [3.05, 3.63) is 48.0 Å². The van der Waals surface area contributed by atoms with Crippen LogP contribution in [0, 0.1) is 0 Å². The number of unbranched alkanes of at least 4 members (excludes halogenated alkanes) is 7. The first-order valence-corrected chi connectivity index (χ1v) is 11.4. The van der Waals surface area contributed by atoms with Crippen molar-refractivity contribution in [1.82, 2.24) is 0 Å². The molecule has 0 aliphatic rings. The molecule has 29 heavy (non-hydrogen) atoms. The van der Waals surface area contributed by atoms with Crippen LogP contribution in [-0.2, 0) is 16.5 Å². The van der Waals surface area contributed by atoms with Crippen molar-refractivity contribution in [3.63, 3.8) is 0 Å². The minimum atomic E-state index is -4.38. The molecule has 154 valence electrons. The van der Waals surface area contributed by atoms with Crippen molar-refractivity contribution in [2.75, 3.05) is 0 Å². The smallest absolute Gasteiger partial charge is 0.870 e. The molecule has 2 aromatic rings. The third-order valence-electron chi connectivity index (χ3n) is 4.68. The van der Waals surface area contributed by atoms with Crippen LogP contribution in [0.3, 0.4) is 0 Å². The van der Waals surface area contributed by atoms with Gasteiger partial charge in [-0.05, 0) is 36.6 Å². The average Bonchev–Trinajstić information content (AvgIpc) is 2.66. The Morgan fingerprint density at radius 2 is 1.48 bits per heavy atom. The summed E-state index contributed by atoms with van der Waals surface area (Å²) in [5.41, 5.74) is 1.20. The molecule has 0 radical (unpaired) electrons. The van der Waals surface area contributed by atoms with Crippen LogP contribution in [0.5, 0.6) is 17.2 Å². The van der Waals surface area contributed by atoms with E-state index in [9.17, 15) is 13.5 Å². The molecular weight excluding hydrogens is 415 g/mol. The minimum Gasteiger partial charge on any atom is -0.870 e. The van der Waals surface area contributed by atoms with E-state index >= 15 is 0 Å². The van der Waals surface area contributed by atoms with Crippen molar-refractivity contribution >= 4 is 10.1 Å². The third kappa shape index (κ3) is 9.96. The van der Waals surface area contributed by atoms with Gasteiger partial charge in [-0.15, -0.1) is 0 Å². The van der Waals surface area contributed by atoms with Gasteiger partial charge in [0.2, 0.25) is 0 Å². The van der Waals surface area contributed by atoms with E-state index in [2.05, 4.69) is 6.92 Å². The molecule has 0 bridgehead atoms. The third-order valence-corrected chi connectivity index (χ3v) is 5.53. The normalized spacial score (nSPS) is 11.1. The van der Waals surface area contributed by atoms with Crippen LogP contribution in [0.1, 0.15) is 63.9 Å². The van der Waals surface area contributed by atoms with E-state index in [-0.39, 0.29) is 62.0 Å². The van der Waals surface area contributed by atoms with Crippen molar-refractivity contribution < 1.29 is 74.2 Å². The first-order chi connectivity index (χ1) is 13.4. The summed E-state index contributed by atoms with van der Waals surface area (Å²) in [6, 6.07) is 10.6. The molecule has 0 aliphatic heterocycles. The number of rotatable bonds is 12. The van der Waals surface area contributed by atoms with Crippen LogP contribution >= 0.6 is 0 Å². The standard InChI is InChI=1S/C22H30O5S.K/c1-2-3-4-5-6-7-8-9-10-18-11-13-19(14-12-18)27-22-17-20(28(24,25)26)15-16-21(22)23;/h11-17,23H,2-10H2,1H3,(H,24,25,26);/q;+1/p-1. The Labute approximate surface area is 217 Å². The summed E-state index contributed by atoms with van der Waals surface area (Å²) in [6.45, 7) is 2.23. The fourth-order valence-electron chi connectivity index (χ4n) is 3.04. The fraction of sp³-hybridized carbons (Fsp3) is 0.455. The van der Waals surface area contributed by atoms with Crippen LogP contribution in [0.4, 0.5) is 0 Å². The molecule has 0 atom stereocenters. The summed E-state index contributed by atoms with van der Waals surface area (Å²) < 4.78 is 37.0. The monoisotopic (exact) mass is 444 g/mol. The topological polar surface area (TPSA) is 86.7 Å². The minimum absolute atomic E-state index is 0. The van der Waals surface area contributed by atoms with Gasteiger partial charge < -0.3 is 9.84 Å². The van der Waals surface area contributed by atoms with Crippen LogP contribution in [0.2, 0.25) is 0 Å². The van der Waals surface area contributed by atoms with Gasteiger partial charge in [0.15, 0.2) is 0 Å². The average molecular weight is 445 g/mol. The van der Waals surface area contributed by atoms with Crippen LogP contribution < -0.4 is 61.2 Å². The Bertz CT molecular complexity index is 835. The van der Waals surface area contributed by atoms with Crippen molar-refractivity contribution in [1.29, 1.82) is 0 Å². The molecule has 0 fully saturated rings. The quantitative estimate of drug-likeness (QED) is 0.309. The second kappa shape index (κ2) is 13.8. The largest absolute Gasteiger partial charge is 1.00 e. The zero-order chi connectivity index (χ0) is 20.4. The predicted octanol–water partition coefficient (Wildman–Crippen LogP) is 2.49. The Morgan fingerprint density at radius 1 is 0.897 bits per heavy atom. The van der Waals surface area contributed by atoms with Gasteiger partial charge in [0.1, 0.15) is 11.5 Å². The molecule has 0 aliphatic carbocycles. The first kappa shape index (κ1) is 26.6. The molecule has 0 unspecified atom stereocenters. The number of aryl methyl sites for hydroxylation is 1. The molecule has 0 saturated heterocycles. The van der Waals surface area contributed by atoms with E-state index in [0.29, 0.717) is 5.75 Å². The Kier molecular flexibility index (Phi) is 12.7. The summed E-state index contributed by atoms with van der Waals surface area (Å²) in [5.74, 6) is -0.134. The van der Waals surface area contributed by atoms with Gasteiger partial charge in [-0.25, -0.2) is 0 Å². The summed E-state index contributed by atoms with van der Waals surface area (Å²) in [7, 11) is -4.38. The number of hydrogen-bond acceptors (Lipinski definition) is 4. The van der Waals surface area contributed by atoms with E-state index in [1.807, 2.05) is 12.1 Å². The number of hydrogen-bond donors (Lipinski definition) is 1. The molecule has 0 amide bonds. The van der Waals surface area contributed by atoms with Gasteiger partial charge in [0.25, 0.3) is 10.1 Å². The molecule has 1 N–H and O–H groups in total. The summed E-state index contributed by atoms with van der Waals surface area (Å²) >= 11 is 0. The van der Waals surface area contributed by atoms with E-state index in [1.54, 1.807) is 12.1 Å². The Balaban J connectivity index is 0.00000420. The maximum absolute atomic E-state index is 11.9. The van der Waals surface area contributed by atoms with E-state index in [1.165, 1.54) is 50.5 Å². The van der Waals surface area contributed by atoms with Crippen LogP contribution in [-0.4, -0.2) is 13.0 Å². The SMILES string of the molecule is CCCCCCCCCCc1ccc(Oc2cc(S(=O)(=O)O)ccc2[O-])cc1.[K+]. The predicted molar refractivity (Wildman–Crippen MR) is 109 cm³/mol. The van der Waals surface area contributed by atoms with E-state index < -0.39 is 15.9 Å². The molecule has 0 heterocycles. The summed E-state index contributed by atoms with van der Waals surface area (Å²) in [6.07, 6.45) is 11.3. The molecule has 0 spiro atoms. The van der Waals surface area contributed by atoms with Crippen LogP contribution in [0.25, 0.3) is 0 Å². The van der Waals surface area contributed by atoms with Gasteiger partial charge in [-0.1, -0.05) is 75.8 Å². The van der Waals surface area contributed by atoms with Crippen molar-refractivity contribution in [3.8, 4) is 17.2 Å². The molecule has 7 heteroatoms. The van der Waals surface area contributed by atoms with Gasteiger partial charge >= 0.3 is 51.4 Å². The first-order valence-electron chi connectivity index (χ1n) is 9.95. The second-order valence-electron chi connectivity index (χ2n) is 7.05. The zero-order valence-electron chi connectivity index (χ0n) is 17.4. The van der Waals surface area contributed by atoms with Gasteiger partial charge in [-0.3, -0.25) is 4.55 Å². The summed E-state index contributed by atoms with van der Waals surface area (Å²) in [4.78, 5) is -0.367. The van der Waals surface area contributed by atoms with Gasteiger partial charge in [-0.2, -0.15) is 8.42 Å². The maximum Gasteiger partial charge on any atom is 1.00 e. The van der Waals surface area contributed by atoms with E-state index in [4.69, 9.17) is 9.29 Å². The second-order valence-corrected chi connectivity index (χ2v) is 8.48. The number of benzene rings is 2. The van der Waals surface area contributed by atoms with Crippen molar-refractivity contribution in [2.24, 2.45) is 0 Å². The molecular formula is C22H29KO5S. The van der Waals surface area contributed by atoms with Crippen molar-refractivity contribution in [2.45, 2.75) is 69.6 Å². The molecule has 0 aromatic heterocycles. The molecule has 0 saturated carbocycles. The Morgan fingerprint density at radius 3 is 2.07 bits per heavy atom.